The lowest BCUT2D eigenvalue weighted by Gasteiger charge is -2.31. The van der Waals surface area contributed by atoms with Crippen molar-refractivity contribution < 1.29 is 14.0 Å². The lowest BCUT2D eigenvalue weighted by molar-refractivity contribution is -0.138. The minimum atomic E-state index is -0.262. The number of hydrogen-bond donors (Lipinski definition) is 0. The van der Waals surface area contributed by atoms with Gasteiger partial charge in [0.1, 0.15) is 11.5 Å². The van der Waals surface area contributed by atoms with Crippen molar-refractivity contribution in [2.24, 2.45) is 0 Å². The van der Waals surface area contributed by atoms with Crippen LogP contribution in [0, 0.1) is 13.8 Å². The number of aryl methyl sites for hydroxylation is 2. The molecule has 5 heteroatoms. The average molecular weight is 412 g/mol. The summed E-state index contributed by atoms with van der Waals surface area (Å²) in [5.41, 5.74) is 6.43. The molecule has 3 aromatic rings. The van der Waals surface area contributed by atoms with Crippen molar-refractivity contribution in [3.8, 4) is 0 Å². The van der Waals surface area contributed by atoms with Gasteiger partial charge in [0, 0.05) is 13.1 Å². The number of carbonyl (C=O) groups excluding carboxylic acids is 2. The van der Waals surface area contributed by atoms with Gasteiger partial charge in [-0.05, 0) is 54.7 Å². The number of amides is 2. The minimum Gasteiger partial charge on any atom is -0.467 e. The molecular weight excluding hydrogens is 388 g/mol. The Kier molecular flexibility index (Phi) is 4.74. The fraction of sp³-hybridized carbons (Fsp3) is 0.231. The van der Waals surface area contributed by atoms with Crippen LogP contribution in [0.3, 0.4) is 0 Å². The van der Waals surface area contributed by atoms with Crippen LogP contribution in [-0.2, 0) is 29.1 Å². The molecule has 0 saturated carbocycles. The van der Waals surface area contributed by atoms with Crippen LogP contribution in [0.2, 0.25) is 0 Å². The van der Waals surface area contributed by atoms with E-state index >= 15 is 0 Å². The molecule has 0 radical (unpaired) electrons. The van der Waals surface area contributed by atoms with E-state index in [0.717, 1.165) is 23.1 Å². The number of rotatable bonds is 4. The molecule has 2 amide bonds. The normalized spacial score (nSPS) is 16.3. The molecule has 2 aromatic carbocycles. The average Bonchev–Trinajstić information content (AvgIpc) is 3.36. The molecule has 2 aliphatic heterocycles. The molecular formula is C26H24N2O3. The molecule has 0 spiro atoms. The number of imide groups is 1. The lowest BCUT2D eigenvalue weighted by Crippen LogP contribution is -2.37. The molecule has 0 aliphatic carbocycles. The van der Waals surface area contributed by atoms with Crippen LogP contribution in [0.15, 0.2) is 71.0 Å². The molecule has 3 heterocycles. The number of nitrogens with zero attached hydrogens (tertiary/aromatic N) is 2. The Bertz CT molecular complexity index is 1210. The summed E-state index contributed by atoms with van der Waals surface area (Å²) in [5.74, 6) is 0.0740. The van der Waals surface area contributed by atoms with Crippen LogP contribution in [-0.4, -0.2) is 28.2 Å². The zero-order chi connectivity index (χ0) is 21.5. The van der Waals surface area contributed by atoms with Gasteiger partial charge in [-0.2, -0.15) is 0 Å². The van der Waals surface area contributed by atoms with Crippen LogP contribution in [0.1, 0.15) is 33.6 Å². The van der Waals surface area contributed by atoms with E-state index in [1.165, 1.54) is 16.0 Å². The second kappa shape index (κ2) is 7.58. The molecule has 0 unspecified atom stereocenters. The Balaban J connectivity index is 1.60. The van der Waals surface area contributed by atoms with Crippen molar-refractivity contribution >= 4 is 17.4 Å². The standard InChI is InChI=1S/C26H24N2O3/c1-17-9-10-22(18(2)14-17)23-24(27-12-11-19-6-3-4-7-20(19)15-27)26(30)28(25(23)29)16-21-8-5-13-31-21/h3-10,13-14H,11-12,15-16H2,1-2H3. The van der Waals surface area contributed by atoms with E-state index in [0.29, 0.717) is 30.1 Å². The van der Waals surface area contributed by atoms with Crippen molar-refractivity contribution in [3.63, 3.8) is 0 Å². The van der Waals surface area contributed by atoms with Gasteiger partial charge in [-0.15, -0.1) is 0 Å². The molecule has 156 valence electrons. The summed E-state index contributed by atoms with van der Waals surface area (Å²) in [6.07, 6.45) is 2.40. The highest BCUT2D eigenvalue weighted by Gasteiger charge is 2.42. The monoisotopic (exact) mass is 412 g/mol. The van der Waals surface area contributed by atoms with Crippen LogP contribution in [0.5, 0.6) is 0 Å². The molecule has 31 heavy (non-hydrogen) atoms. The number of hydrogen-bond acceptors (Lipinski definition) is 4. The first-order valence-corrected chi connectivity index (χ1v) is 10.5. The van der Waals surface area contributed by atoms with Gasteiger partial charge in [0.2, 0.25) is 0 Å². The first-order valence-electron chi connectivity index (χ1n) is 10.5. The first kappa shape index (κ1) is 19.4. The summed E-state index contributed by atoms with van der Waals surface area (Å²) < 4.78 is 5.42. The Morgan fingerprint density at radius 2 is 1.74 bits per heavy atom. The highest BCUT2D eigenvalue weighted by atomic mass is 16.3. The van der Waals surface area contributed by atoms with Crippen molar-refractivity contribution in [1.29, 1.82) is 0 Å². The van der Waals surface area contributed by atoms with Crippen LogP contribution in [0.4, 0.5) is 0 Å². The van der Waals surface area contributed by atoms with Gasteiger partial charge in [-0.1, -0.05) is 48.0 Å². The molecule has 2 aliphatic rings. The first-order chi connectivity index (χ1) is 15.0. The minimum absolute atomic E-state index is 0.132. The zero-order valence-corrected chi connectivity index (χ0v) is 17.7. The van der Waals surface area contributed by atoms with Crippen molar-refractivity contribution in [2.75, 3.05) is 6.54 Å². The van der Waals surface area contributed by atoms with Crippen LogP contribution in [0.25, 0.3) is 5.57 Å². The van der Waals surface area contributed by atoms with Gasteiger partial charge < -0.3 is 9.32 Å². The fourth-order valence-corrected chi connectivity index (χ4v) is 4.58. The maximum Gasteiger partial charge on any atom is 0.278 e. The Labute approximate surface area is 181 Å². The second-order valence-corrected chi connectivity index (χ2v) is 8.26. The molecule has 0 fully saturated rings. The topological polar surface area (TPSA) is 53.8 Å². The molecule has 0 bridgehead atoms. The quantitative estimate of drug-likeness (QED) is 0.602. The third kappa shape index (κ3) is 3.36. The van der Waals surface area contributed by atoms with E-state index < -0.39 is 0 Å². The number of carbonyl (C=O) groups is 2. The van der Waals surface area contributed by atoms with Crippen LogP contribution >= 0.6 is 0 Å². The smallest absolute Gasteiger partial charge is 0.278 e. The Morgan fingerprint density at radius 3 is 2.48 bits per heavy atom. The van der Waals surface area contributed by atoms with Gasteiger partial charge >= 0.3 is 0 Å². The largest absolute Gasteiger partial charge is 0.467 e. The highest BCUT2D eigenvalue weighted by Crippen LogP contribution is 2.36. The Hall–Kier alpha value is -3.60. The summed E-state index contributed by atoms with van der Waals surface area (Å²) >= 11 is 0. The maximum atomic E-state index is 13.6. The molecule has 5 rings (SSSR count). The summed E-state index contributed by atoms with van der Waals surface area (Å²) in [4.78, 5) is 30.5. The van der Waals surface area contributed by atoms with Gasteiger partial charge in [-0.25, -0.2) is 0 Å². The summed E-state index contributed by atoms with van der Waals surface area (Å²) in [7, 11) is 0. The van der Waals surface area contributed by atoms with E-state index in [2.05, 4.69) is 23.1 Å². The van der Waals surface area contributed by atoms with Crippen LogP contribution < -0.4 is 0 Å². The van der Waals surface area contributed by atoms with E-state index in [1.807, 2.05) is 38.1 Å². The van der Waals surface area contributed by atoms with Gasteiger partial charge in [0.15, 0.2) is 0 Å². The number of fused-ring (bicyclic) bond motifs is 1. The van der Waals surface area contributed by atoms with E-state index in [4.69, 9.17) is 4.42 Å². The molecule has 1 aromatic heterocycles. The SMILES string of the molecule is Cc1ccc(C2=C(N3CCc4ccccc4C3)C(=O)N(Cc3ccco3)C2=O)c(C)c1. The van der Waals surface area contributed by atoms with Crippen molar-refractivity contribution in [1.82, 2.24) is 9.80 Å². The Morgan fingerprint density at radius 1 is 0.935 bits per heavy atom. The maximum absolute atomic E-state index is 13.6. The van der Waals surface area contributed by atoms with E-state index in [-0.39, 0.29) is 18.4 Å². The third-order valence-corrected chi connectivity index (χ3v) is 6.14. The van der Waals surface area contributed by atoms with Crippen molar-refractivity contribution in [3.05, 3.63) is 100 Å². The van der Waals surface area contributed by atoms with E-state index in [1.54, 1.807) is 18.4 Å². The lowest BCUT2D eigenvalue weighted by atomic mass is 9.95. The number of benzene rings is 2. The molecule has 0 N–H and O–H groups in total. The highest BCUT2D eigenvalue weighted by molar-refractivity contribution is 6.35. The fourth-order valence-electron chi connectivity index (χ4n) is 4.58. The summed E-state index contributed by atoms with van der Waals surface area (Å²) in [6, 6.07) is 17.9. The van der Waals surface area contributed by atoms with Gasteiger partial charge in [0.25, 0.3) is 11.8 Å². The summed E-state index contributed by atoms with van der Waals surface area (Å²) in [5, 5.41) is 0. The molecule has 5 nitrogen and oxygen atoms in total. The zero-order valence-electron chi connectivity index (χ0n) is 17.7. The number of furan rings is 1. The van der Waals surface area contributed by atoms with Gasteiger partial charge in [-0.3, -0.25) is 14.5 Å². The second-order valence-electron chi connectivity index (χ2n) is 8.26. The van der Waals surface area contributed by atoms with Crippen molar-refractivity contribution in [2.45, 2.75) is 33.4 Å². The molecule has 0 atom stereocenters. The summed E-state index contributed by atoms with van der Waals surface area (Å²) in [6.45, 7) is 5.47. The van der Waals surface area contributed by atoms with Gasteiger partial charge in [0.05, 0.1) is 18.4 Å². The van der Waals surface area contributed by atoms with E-state index in [9.17, 15) is 9.59 Å². The predicted molar refractivity (Wildman–Crippen MR) is 118 cm³/mol. The molecule has 0 saturated heterocycles. The predicted octanol–water partition coefficient (Wildman–Crippen LogP) is 4.23. The third-order valence-electron chi connectivity index (χ3n) is 6.14.